The highest BCUT2D eigenvalue weighted by atomic mass is 16.5. The molecule has 22 heavy (non-hydrogen) atoms. The van der Waals surface area contributed by atoms with Gasteiger partial charge in [-0.05, 0) is 26.8 Å². The molecule has 0 bridgehead atoms. The second kappa shape index (κ2) is 7.17. The van der Waals surface area contributed by atoms with Crippen LogP contribution in [-0.4, -0.2) is 77.0 Å². The maximum atomic E-state index is 12.5. The van der Waals surface area contributed by atoms with Crippen LogP contribution in [-0.2, 0) is 16.1 Å². The number of ether oxygens (including phenoxy) is 1. The van der Waals surface area contributed by atoms with E-state index in [9.17, 15) is 9.90 Å². The molecule has 1 aliphatic rings. The first-order valence-electron chi connectivity index (χ1n) is 7.43. The van der Waals surface area contributed by atoms with Crippen molar-refractivity contribution in [2.45, 2.75) is 31.9 Å². The minimum absolute atomic E-state index is 0.232. The van der Waals surface area contributed by atoms with E-state index < -0.39 is 5.60 Å². The molecule has 1 saturated heterocycles. The molecule has 2 rings (SSSR count). The summed E-state index contributed by atoms with van der Waals surface area (Å²) in [4.78, 5) is 20.1. The fourth-order valence-corrected chi connectivity index (χ4v) is 2.76. The molecular formula is C14H24N4O4. The second-order valence-electron chi connectivity index (χ2n) is 5.83. The van der Waals surface area contributed by atoms with Gasteiger partial charge in [0.15, 0.2) is 11.4 Å². The molecule has 0 aromatic carbocycles. The summed E-state index contributed by atoms with van der Waals surface area (Å²) >= 11 is 0. The molecule has 1 aromatic heterocycles. The van der Waals surface area contributed by atoms with E-state index >= 15 is 0 Å². The molecule has 1 aromatic rings. The molecule has 0 spiro atoms. The number of aliphatic hydroxyl groups is 1. The van der Waals surface area contributed by atoms with Gasteiger partial charge in [-0.25, -0.2) is 0 Å². The van der Waals surface area contributed by atoms with Crippen molar-refractivity contribution < 1.29 is 19.2 Å². The fourth-order valence-electron chi connectivity index (χ4n) is 2.76. The third-order valence-electron chi connectivity index (χ3n) is 3.78. The van der Waals surface area contributed by atoms with E-state index in [1.807, 2.05) is 11.9 Å². The van der Waals surface area contributed by atoms with E-state index in [2.05, 4.69) is 10.1 Å². The van der Waals surface area contributed by atoms with E-state index in [1.165, 1.54) is 0 Å². The van der Waals surface area contributed by atoms with Gasteiger partial charge in [-0.1, -0.05) is 5.16 Å². The zero-order valence-corrected chi connectivity index (χ0v) is 13.4. The molecular weight excluding hydrogens is 288 g/mol. The maximum Gasteiger partial charge on any atom is 0.255 e. The molecule has 1 atom stereocenters. The van der Waals surface area contributed by atoms with Crippen LogP contribution in [0.25, 0.3) is 0 Å². The molecule has 1 N–H and O–H groups in total. The summed E-state index contributed by atoms with van der Waals surface area (Å²) in [5.74, 6) is 0.814. The van der Waals surface area contributed by atoms with Gasteiger partial charge in [-0.2, -0.15) is 4.98 Å². The summed E-state index contributed by atoms with van der Waals surface area (Å²) in [5, 5.41) is 14.5. The Kier molecular flexibility index (Phi) is 5.49. The van der Waals surface area contributed by atoms with Crippen LogP contribution in [0.5, 0.6) is 0 Å². The lowest BCUT2D eigenvalue weighted by atomic mass is 9.91. The normalized spacial score (nSPS) is 22.6. The van der Waals surface area contributed by atoms with Crippen LogP contribution in [0.2, 0.25) is 0 Å². The molecule has 1 aliphatic heterocycles. The monoisotopic (exact) mass is 312 g/mol. The Labute approximate surface area is 130 Å². The molecule has 8 nitrogen and oxygen atoms in total. The van der Waals surface area contributed by atoms with Crippen LogP contribution in [0, 0.1) is 6.92 Å². The summed E-state index contributed by atoms with van der Waals surface area (Å²) in [6, 6.07) is 0. The highest BCUT2D eigenvalue weighted by molar-refractivity contribution is 5.86. The first-order valence-corrected chi connectivity index (χ1v) is 7.43. The van der Waals surface area contributed by atoms with Crippen LogP contribution in [0.3, 0.4) is 0 Å². The van der Waals surface area contributed by atoms with Crippen molar-refractivity contribution in [3.8, 4) is 0 Å². The topological polar surface area (TPSA) is 91.9 Å². The highest BCUT2D eigenvalue weighted by Gasteiger charge is 2.42. The average Bonchev–Trinajstić information content (AvgIpc) is 2.85. The Morgan fingerprint density at radius 1 is 1.55 bits per heavy atom. The first kappa shape index (κ1) is 16.9. The number of nitrogens with zero attached hydrogens (tertiary/aromatic N) is 4. The number of carbonyl (C=O) groups excluding carboxylic acids is 1. The quantitative estimate of drug-likeness (QED) is 0.746. The SMILES string of the molecule is COCCN1CCC[C@@](O)(CN(C)Cc2nc(C)no2)C1=O. The van der Waals surface area contributed by atoms with Crippen LogP contribution < -0.4 is 0 Å². The number of amides is 1. The van der Waals surface area contributed by atoms with Crippen molar-refractivity contribution in [2.75, 3.05) is 40.4 Å². The summed E-state index contributed by atoms with van der Waals surface area (Å²) in [5.41, 5.74) is -1.37. The van der Waals surface area contributed by atoms with Gasteiger partial charge < -0.3 is 19.3 Å². The molecule has 0 radical (unpaired) electrons. The molecule has 0 saturated carbocycles. The van der Waals surface area contributed by atoms with Gasteiger partial charge >= 0.3 is 0 Å². The van der Waals surface area contributed by atoms with Gasteiger partial charge in [0.05, 0.1) is 13.2 Å². The number of likely N-dealkylation sites (N-methyl/N-ethyl adjacent to an activating group) is 1. The molecule has 124 valence electrons. The smallest absolute Gasteiger partial charge is 0.255 e. The molecule has 0 unspecified atom stereocenters. The van der Waals surface area contributed by atoms with E-state index in [1.54, 1.807) is 18.9 Å². The van der Waals surface area contributed by atoms with Gasteiger partial charge in [0.25, 0.3) is 5.91 Å². The third kappa shape index (κ3) is 4.02. The van der Waals surface area contributed by atoms with Gasteiger partial charge in [-0.3, -0.25) is 9.69 Å². The number of aryl methyl sites for hydroxylation is 1. The van der Waals surface area contributed by atoms with Crippen molar-refractivity contribution in [3.63, 3.8) is 0 Å². The third-order valence-corrected chi connectivity index (χ3v) is 3.78. The minimum atomic E-state index is -1.37. The highest BCUT2D eigenvalue weighted by Crippen LogP contribution is 2.24. The van der Waals surface area contributed by atoms with Crippen molar-refractivity contribution >= 4 is 5.91 Å². The fraction of sp³-hybridized carbons (Fsp3) is 0.786. The number of methoxy groups -OCH3 is 1. The lowest BCUT2D eigenvalue weighted by Gasteiger charge is -2.39. The van der Waals surface area contributed by atoms with Crippen LogP contribution in [0.4, 0.5) is 0 Å². The first-order chi connectivity index (χ1) is 10.4. The van der Waals surface area contributed by atoms with Crippen molar-refractivity contribution in [2.24, 2.45) is 0 Å². The second-order valence-corrected chi connectivity index (χ2v) is 5.83. The molecule has 1 amide bonds. The summed E-state index contributed by atoms with van der Waals surface area (Å²) in [6.45, 7) is 4.02. The Balaban J connectivity index is 1.95. The Bertz CT molecular complexity index is 507. The van der Waals surface area contributed by atoms with E-state index in [4.69, 9.17) is 9.26 Å². The zero-order valence-electron chi connectivity index (χ0n) is 13.4. The predicted octanol–water partition coefficient (Wildman–Crippen LogP) is -0.190. The lowest BCUT2D eigenvalue weighted by molar-refractivity contribution is -0.160. The maximum absolute atomic E-state index is 12.5. The Morgan fingerprint density at radius 2 is 2.32 bits per heavy atom. The van der Waals surface area contributed by atoms with Crippen molar-refractivity contribution in [1.29, 1.82) is 0 Å². The number of aromatic nitrogens is 2. The number of rotatable bonds is 7. The number of hydrogen-bond acceptors (Lipinski definition) is 7. The van der Waals surface area contributed by atoms with Crippen molar-refractivity contribution in [1.82, 2.24) is 19.9 Å². The van der Waals surface area contributed by atoms with E-state index in [0.29, 0.717) is 44.4 Å². The summed E-state index contributed by atoms with van der Waals surface area (Å²) < 4.78 is 10.1. The number of likely N-dealkylation sites (tertiary alicyclic amines) is 1. The summed E-state index contributed by atoms with van der Waals surface area (Å²) in [6.07, 6.45) is 1.24. The van der Waals surface area contributed by atoms with E-state index in [0.717, 1.165) is 6.42 Å². The molecule has 2 heterocycles. The standard InChI is InChI=1S/C14H24N4O4/c1-11-15-12(22-16-11)9-17(2)10-14(20)5-4-6-18(13(14)19)7-8-21-3/h20H,4-10H2,1-3H3/t14-/m1/s1. The number of carbonyl (C=O) groups is 1. The van der Waals surface area contributed by atoms with E-state index in [-0.39, 0.29) is 12.5 Å². The lowest BCUT2D eigenvalue weighted by Crippen LogP contribution is -2.58. The number of piperidine rings is 1. The number of hydrogen-bond donors (Lipinski definition) is 1. The molecule has 8 heteroatoms. The molecule has 0 aliphatic carbocycles. The van der Waals surface area contributed by atoms with Gasteiger partial charge in [0, 0.05) is 26.7 Å². The Morgan fingerprint density at radius 3 is 2.95 bits per heavy atom. The average molecular weight is 312 g/mol. The molecule has 1 fully saturated rings. The van der Waals surface area contributed by atoms with Crippen molar-refractivity contribution in [3.05, 3.63) is 11.7 Å². The van der Waals surface area contributed by atoms with Crippen LogP contribution in [0.15, 0.2) is 4.52 Å². The van der Waals surface area contributed by atoms with Gasteiger partial charge in [0.1, 0.15) is 0 Å². The Hall–Kier alpha value is -1.51. The minimum Gasteiger partial charge on any atom is -0.383 e. The zero-order chi connectivity index (χ0) is 16.2. The largest absolute Gasteiger partial charge is 0.383 e. The van der Waals surface area contributed by atoms with Crippen LogP contribution in [0.1, 0.15) is 24.6 Å². The predicted molar refractivity (Wildman–Crippen MR) is 78.0 cm³/mol. The summed E-state index contributed by atoms with van der Waals surface area (Å²) in [7, 11) is 3.42. The van der Waals surface area contributed by atoms with Crippen LogP contribution >= 0.6 is 0 Å². The van der Waals surface area contributed by atoms with Gasteiger partial charge in [-0.15, -0.1) is 0 Å². The van der Waals surface area contributed by atoms with Gasteiger partial charge in [0.2, 0.25) is 5.89 Å².